The van der Waals surface area contributed by atoms with Crippen LogP contribution in [0.15, 0.2) is 47.2 Å². The highest BCUT2D eigenvalue weighted by atomic mass is 79.9. The molecule has 1 heterocycles. The zero-order valence-corrected chi connectivity index (χ0v) is 12.9. The number of nitrogens with one attached hydrogen (secondary N) is 1. The van der Waals surface area contributed by atoms with Crippen LogP contribution in [0, 0.1) is 6.92 Å². The van der Waals surface area contributed by atoms with Gasteiger partial charge < -0.3 is 5.32 Å². The molecule has 0 radical (unpaired) electrons. The number of hydrogen-bond donors (Lipinski definition) is 1. The normalized spacial score (nSPS) is 12.4. The number of hydrogen-bond acceptors (Lipinski definition) is 2. The van der Waals surface area contributed by atoms with Crippen molar-refractivity contribution in [3.63, 3.8) is 0 Å². The fourth-order valence-electron chi connectivity index (χ4n) is 2.14. The van der Waals surface area contributed by atoms with E-state index >= 15 is 0 Å². The molecular formula is C16H19BrN2. The summed E-state index contributed by atoms with van der Waals surface area (Å²) in [4.78, 5) is 4.22. The Morgan fingerprint density at radius 1 is 1.11 bits per heavy atom. The molecule has 1 N–H and O–H groups in total. The molecule has 1 unspecified atom stereocenters. The molecule has 2 aromatic rings. The van der Waals surface area contributed by atoms with Crippen molar-refractivity contribution in [2.75, 3.05) is 7.05 Å². The summed E-state index contributed by atoms with van der Waals surface area (Å²) >= 11 is 3.47. The zero-order valence-electron chi connectivity index (χ0n) is 11.4. The minimum absolute atomic E-state index is 0.429. The molecular weight excluding hydrogens is 300 g/mol. The van der Waals surface area contributed by atoms with E-state index in [1.54, 1.807) is 0 Å². The van der Waals surface area contributed by atoms with Gasteiger partial charge in [-0.3, -0.25) is 4.98 Å². The van der Waals surface area contributed by atoms with Crippen molar-refractivity contribution >= 4 is 15.9 Å². The molecule has 0 fully saturated rings. The van der Waals surface area contributed by atoms with E-state index in [0.29, 0.717) is 6.04 Å². The number of rotatable bonds is 5. The van der Waals surface area contributed by atoms with Crippen LogP contribution < -0.4 is 5.32 Å². The molecule has 0 spiro atoms. The van der Waals surface area contributed by atoms with Crippen molar-refractivity contribution in [2.24, 2.45) is 0 Å². The lowest BCUT2D eigenvalue weighted by Crippen LogP contribution is -2.29. The van der Waals surface area contributed by atoms with Crippen molar-refractivity contribution in [1.82, 2.24) is 10.3 Å². The maximum Gasteiger partial charge on any atom is 0.0410 e. The molecule has 19 heavy (non-hydrogen) atoms. The molecule has 0 amide bonds. The minimum Gasteiger partial charge on any atom is -0.316 e. The van der Waals surface area contributed by atoms with E-state index in [4.69, 9.17) is 0 Å². The highest BCUT2D eigenvalue weighted by molar-refractivity contribution is 9.10. The second-order valence-corrected chi connectivity index (χ2v) is 5.81. The van der Waals surface area contributed by atoms with Crippen LogP contribution in [0.1, 0.15) is 16.7 Å². The Labute approximate surface area is 123 Å². The van der Waals surface area contributed by atoms with Gasteiger partial charge in [-0.1, -0.05) is 29.8 Å². The Hall–Kier alpha value is -1.19. The van der Waals surface area contributed by atoms with E-state index in [9.17, 15) is 0 Å². The van der Waals surface area contributed by atoms with Gasteiger partial charge in [-0.2, -0.15) is 0 Å². The topological polar surface area (TPSA) is 24.9 Å². The molecule has 1 atom stereocenters. The van der Waals surface area contributed by atoms with Crippen LogP contribution in [-0.4, -0.2) is 18.1 Å². The van der Waals surface area contributed by atoms with Crippen LogP contribution in [0.25, 0.3) is 0 Å². The Morgan fingerprint density at radius 3 is 2.42 bits per heavy atom. The number of halogens is 1. The van der Waals surface area contributed by atoms with Crippen LogP contribution >= 0.6 is 15.9 Å². The maximum absolute atomic E-state index is 4.22. The smallest absolute Gasteiger partial charge is 0.0410 e. The molecule has 1 aromatic heterocycles. The predicted octanol–water partition coefficient (Wildman–Crippen LogP) is 3.53. The van der Waals surface area contributed by atoms with Gasteiger partial charge in [0.05, 0.1) is 0 Å². The molecule has 0 bridgehead atoms. The Morgan fingerprint density at radius 2 is 1.79 bits per heavy atom. The van der Waals surface area contributed by atoms with E-state index in [-0.39, 0.29) is 0 Å². The molecule has 2 rings (SSSR count). The summed E-state index contributed by atoms with van der Waals surface area (Å²) in [5.74, 6) is 0. The van der Waals surface area contributed by atoms with E-state index in [2.05, 4.69) is 63.5 Å². The SMILES string of the molecule is CNC(Cc1ccc(C)cc1)Cc1cncc(Br)c1. The Balaban J connectivity index is 2.02. The highest BCUT2D eigenvalue weighted by Gasteiger charge is 2.09. The van der Waals surface area contributed by atoms with E-state index in [0.717, 1.165) is 17.3 Å². The third-order valence-corrected chi connectivity index (χ3v) is 3.69. The van der Waals surface area contributed by atoms with Crippen LogP contribution in [0.2, 0.25) is 0 Å². The third-order valence-electron chi connectivity index (χ3n) is 3.25. The summed E-state index contributed by atoms with van der Waals surface area (Å²) in [6, 6.07) is 11.3. The molecule has 0 saturated carbocycles. The van der Waals surface area contributed by atoms with Crippen molar-refractivity contribution < 1.29 is 0 Å². The van der Waals surface area contributed by atoms with Crippen molar-refractivity contribution in [3.05, 3.63) is 63.9 Å². The first-order chi connectivity index (χ1) is 9.17. The number of benzene rings is 1. The minimum atomic E-state index is 0.429. The average Bonchev–Trinajstić information content (AvgIpc) is 2.40. The quantitative estimate of drug-likeness (QED) is 0.912. The monoisotopic (exact) mass is 318 g/mol. The summed E-state index contributed by atoms with van der Waals surface area (Å²) in [6.07, 6.45) is 5.77. The average molecular weight is 319 g/mol. The van der Waals surface area contributed by atoms with Crippen molar-refractivity contribution in [2.45, 2.75) is 25.8 Å². The van der Waals surface area contributed by atoms with E-state index < -0.39 is 0 Å². The first-order valence-corrected chi connectivity index (χ1v) is 7.29. The summed E-state index contributed by atoms with van der Waals surface area (Å²) < 4.78 is 1.04. The largest absolute Gasteiger partial charge is 0.316 e. The molecule has 0 aliphatic rings. The van der Waals surface area contributed by atoms with Gasteiger partial charge in [0.2, 0.25) is 0 Å². The number of likely N-dealkylation sites (N-methyl/N-ethyl adjacent to an activating group) is 1. The Kier molecular flexibility index (Phi) is 5.11. The van der Waals surface area contributed by atoms with Crippen LogP contribution in [0.4, 0.5) is 0 Å². The summed E-state index contributed by atoms with van der Waals surface area (Å²) in [5, 5.41) is 3.39. The molecule has 2 nitrogen and oxygen atoms in total. The van der Waals surface area contributed by atoms with Gasteiger partial charge in [-0.05, 0) is 59.9 Å². The lowest BCUT2D eigenvalue weighted by atomic mass is 9.99. The van der Waals surface area contributed by atoms with Gasteiger partial charge in [0.25, 0.3) is 0 Å². The van der Waals surface area contributed by atoms with Gasteiger partial charge in [0.1, 0.15) is 0 Å². The first-order valence-electron chi connectivity index (χ1n) is 6.49. The lowest BCUT2D eigenvalue weighted by Gasteiger charge is -2.16. The first kappa shape index (κ1) is 14.2. The molecule has 0 aliphatic heterocycles. The van der Waals surface area contributed by atoms with Gasteiger partial charge in [0, 0.05) is 22.9 Å². The van der Waals surface area contributed by atoms with Gasteiger partial charge in [-0.15, -0.1) is 0 Å². The van der Waals surface area contributed by atoms with Gasteiger partial charge in [-0.25, -0.2) is 0 Å². The predicted molar refractivity (Wildman–Crippen MR) is 83.4 cm³/mol. The van der Waals surface area contributed by atoms with Gasteiger partial charge in [0.15, 0.2) is 0 Å². The zero-order chi connectivity index (χ0) is 13.7. The highest BCUT2D eigenvalue weighted by Crippen LogP contribution is 2.13. The van der Waals surface area contributed by atoms with E-state index in [1.165, 1.54) is 16.7 Å². The lowest BCUT2D eigenvalue weighted by molar-refractivity contribution is 0.555. The summed E-state index contributed by atoms with van der Waals surface area (Å²) in [5.41, 5.74) is 3.93. The number of aromatic nitrogens is 1. The van der Waals surface area contributed by atoms with Crippen LogP contribution in [0.5, 0.6) is 0 Å². The standard InChI is InChI=1S/C16H19BrN2/c1-12-3-5-13(6-4-12)8-16(18-2)9-14-7-15(17)11-19-10-14/h3-7,10-11,16,18H,8-9H2,1-2H3. The third kappa shape index (κ3) is 4.44. The van der Waals surface area contributed by atoms with Crippen molar-refractivity contribution in [3.8, 4) is 0 Å². The molecule has 0 saturated heterocycles. The maximum atomic E-state index is 4.22. The Bertz CT molecular complexity index is 523. The fourth-order valence-corrected chi connectivity index (χ4v) is 2.55. The molecule has 100 valence electrons. The van der Waals surface area contributed by atoms with Crippen LogP contribution in [-0.2, 0) is 12.8 Å². The number of aryl methyl sites for hydroxylation is 1. The number of pyridine rings is 1. The fraction of sp³-hybridized carbons (Fsp3) is 0.312. The molecule has 3 heteroatoms. The second-order valence-electron chi connectivity index (χ2n) is 4.89. The van der Waals surface area contributed by atoms with Gasteiger partial charge >= 0.3 is 0 Å². The molecule has 0 aliphatic carbocycles. The summed E-state index contributed by atoms with van der Waals surface area (Å²) in [7, 11) is 2.02. The summed E-state index contributed by atoms with van der Waals surface area (Å²) in [6.45, 7) is 2.12. The molecule has 1 aromatic carbocycles. The van der Waals surface area contributed by atoms with Crippen LogP contribution in [0.3, 0.4) is 0 Å². The van der Waals surface area contributed by atoms with Crippen molar-refractivity contribution in [1.29, 1.82) is 0 Å². The number of nitrogens with zero attached hydrogens (tertiary/aromatic N) is 1. The van der Waals surface area contributed by atoms with E-state index in [1.807, 2.05) is 19.4 Å². The second kappa shape index (κ2) is 6.83.